The molecule has 1 atom stereocenters. The molecule has 30 heavy (non-hydrogen) atoms. The maximum absolute atomic E-state index is 12.2. The first-order valence-electron chi connectivity index (χ1n) is 9.50. The number of benzene rings is 2. The second-order valence-corrected chi connectivity index (χ2v) is 7.01. The summed E-state index contributed by atoms with van der Waals surface area (Å²) in [6.45, 7) is 6.32. The van der Waals surface area contributed by atoms with E-state index in [9.17, 15) is 19.7 Å². The zero-order valence-electron chi connectivity index (χ0n) is 17.1. The fraction of sp³-hybridized carbons (Fsp3) is 0.333. The third-order valence-corrected chi connectivity index (χ3v) is 4.11. The highest BCUT2D eigenvalue weighted by Crippen LogP contribution is 2.18. The summed E-state index contributed by atoms with van der Waals surface area (Å²) in [7, 11) is 0. The van der Waals surface area contributed by atoms with Crippen LogP contribution >= 0.6 is 0 Å². The van der Waals surface area contributed by atoms with Gasteiger partial charge in [0, 0.05) is 17.7 Å². The molecule has 0 saturated heterocycles. The van der Waals surface area contributed by atoms with Gasteiger partial charge in [0.15, 0.2) is 6.10 Å². The van der Waals surface area contributed by atoms with Gasteiger partial charge >= 0.3 is 0 Å². The molecule has 9 nitrogen and oxygen atoms in total. The number of hydrazine groups is 1. The van der Waals surface area contributed by atoms with Gasteiger partial charge < -0.3 is 9.47 Å². The number of carbonyl (C=O) groups is 2. The molecule has 0 heterocycles. The lowest BCUT2D eigenvalue weighted by Gasteiger charge is -2.15. The van der Waals surface area contributed by atoms with Crippen LogP contribution in [0.15, 0.2) is 48.5 Å². The summed E-state index contributed by atoms with van der Waals surface area (Å²) in [6.07, 6.45) is 0.0116. The molecule has 0 aliphatic carbocycles. The number of ether oxygens (including phenoxy) is 2. The Hall–Kier alpha value is -3.62. The molecule has 0 radical (unpaired) electrons. The van der Waals surface area contributed by atoms with Gasteiger partial charge in [-0.3, -0.25) is 30.6 Å². The smallest absolute Gasteiger partial charge is 0.279 e. The molecule has 2 rings (SSSR count). The average molecular weight is 415 g/mol. The Balaban J connectivity index is 1.80. The Bertz CT molecular complexity index is 865. The first kappa shape index (κ1) is 22.7. The number of carbonyl (C=O) groups excluding carboxylic acids is 2. The van der Waals surface area contributed by atoms with Crippen molar-refractivity contribution in [3.8, 4) is 11.5 Å². The van der Waals surface area contributed by atoms with Crippen molar-refractivity contribution in [3.05, 3.63) is 64.2 Å². The summed E-state index contributed by atoms with van der Waals surface area (Å²) in [5.74, 6) is 0.449. The average Bonchev–Trinajstić information content (AvgIpc) is 2.72. The third kappa shape index (κ3) is 7.08. The number of nitrogens with one attached hydrogen (secondary N) is 2. The molecule has 0 spiro atoms. The van der Waals surface area contributed by atoms with E-state index in [0.717, 1.165) is 6.42 Å². The molecule has 160 valence electrons. The second-order valence-electron chi connectivity index (χ2n) is 7.01. The van der Waals surface area contributed by atoms with Crippen LogP contribution in [0.4, 0.5) is 5.69 Å². The fourth-order valence-electron chi connectivity index (χ4n) is 2.31. The topological polar surface area (TPSA) is 120 Å². The van der Waals surface area contributed by atoms with Crippen LogP contribution in [0.3, 0.4) is 0 Å². The first-order valence-corrected chi connectivity index (χ1v) is 9.50. The predicted molar refractivity (Wildman–Crippen MR) is 110 cm³/mol. The lowest BCUT2D eigenvalue weighted by molar-refractivity contribution is -0.384. The fourth-order valence-corrected chi connectivity index (χ4v) is 2.31. The molecule has 1 unspecified atom stereocenters. The van der Waals surface area contributed by atoms with Gasteiger partial charge in [0.1, 0.15) is 11.5 Å². The van der Waals surface area contributed by atoms with E-state index >= 15 is 0 Å². The molecule has 2 N–H and O–H groups in total. The lowest BCUT2D eigenvalue weighted by atomic mass is 10.1. The molecule has 0 saturated carbocycles. The number of non-ortho nitro benzene ring substituents is 1. The molecule has 0 aliphatic rings. The summed E-state index contributed by atoms with van der Waals surface area (Å²) in [5, 5.41) is 10.7. The molecule has 0 bridgehead atoms. The van der Waals surface area contributed by atoms with Crippen LogP contribution < -0.4 is 20.3 Å². The molecule has 0 aliphatic heterocycles. The first-order chi connectivity index (χ1) is 14.3. The molecule has 2 aromatic rings. The van der Waals surface area contributed by atoms with Crippen molar-refractivity contribution in [1.29, 1.82) is 0 Å². The van der Waals surface area contributed by atoms with Gasteiger partial charge in [-0.1, -0.05) is 13.8 Å². The summed E-state index contributed by atoms with van der Waals surface area (Å²) in [5.41, 5.74) is 4.88. The third-order valence-electron chi connectivity index (χ3n) is 4.11. The minimum absolute atomic E-state index is 0.0805. The highest BCUT2D eigenvalue weighted by molar-refractivity contribution is 5.95. The minimum atomic E-state index is -0.927. The molecule has 2 aromatic carbocycles. The summed E-state index contributed by atoms with van der Waals surface area (Å²) in [4.78, 5) is 34.4. The van der Waals surface area contributed by atoms with Gasteiger partial charge in [0.2, 0.25) is 0 Å². The number of amides is 2. The Morgan fingerprint density at radius 3 is 2.13 bits per heavy atom. The van der Waals surface area contributed by atoms with Crippen LogP contribution in [0, 0.1) is 16.0 Å². The number of nitrogens with zero attached hydrogens (tertiary/aromatic N) is 1. The van der Waals surface area contributed by atoms with Crippen LogP contribution in [0.5, 0.6) is 11.5 Å². The van der Waals surface area contributed by atoms with Crippen molar-refractivity contribution in [1.82, 2.24) is 10.9 Å². The van der Waals surface area contributed by atoms with Gasteiger partial charge in [0.25, 0.3) is 17.5 Å². The van der Waals surface area contributed by atoms with Crippen molar-refractivity contribution >= 4 is 17.5 Å². The highest BCUT2D eigenvalue weighted by Gasteiger charge is 2.16. The molecule has 0 aromatic heterocycles. The quantitative estimate of drug-likeness (QED) is 0.479. The van der Waals surface area contributed by atoms with Crippen LogP contribution in [0.25, 0.3) is 0 Å². The molecular formula is C21H25N3O6. The number of nitro benzene ring substituents is 1. The Labute approximate surface area is 174 Å². The number of hydrogen-bond donors (Lipinski definition) is 2. The van der Waals surface area contributed by atoms with Gasteiger partial charge in [-0.15, -0.1) is 0 Å². The van der Waals surface area contributed by atoms with Crippen molar-refractivity contribution < 1.29 is 24.0 Å². The van der Waals surface area contributed by atoms with Crippen LogP contribution in [-0.2, 0) is 4.79 Å². The SMILES string of the molecule is CC(C)CCOc1ccc(C(=O)NNC(=O)C(C)Oc2ccc([N+](=O)[O-])cc2)cc1. The van der Waals surface area contributed by atoms with Crippen molar-refractivity contribution in [2.45, 2.75) is 33.3 Å². The van der Waals surface area contributed by atoms with Crippen LogP contribution in [0.1, 0.15) is 37.6 Å². The molecule has 9 heteroatoms. The number of hydrogen-bond acceptors (Lipinski definition) is 6. The van der Waals surface area contributed by atoms with Gasteiger partial charge in [-0.2, -0.15) is 0 Å². The minimum Gasteiger partial charge on any atom is -0.494 e. The number of nitro groups is 1. The molecule has 0 fully saturated rings. The Morgan fingerprint density at radius 2 is 1.57 bits per heavy atom. The largest absolute Gasteiger partial charge is 0.494 e. The Morgan fingerprint density at radius 1 is 0.967 bits per heavy atom. The predicted octanol–water partition coefficient (Wildman–Crippen LogP) is 3.25. The summed E-state index contributed by atoms with van der Waals surface area (Å²) in [6, 6.07) is 11.9. The molecule has 2 amide bonds. The van der Waals surface area contributed by atoms with Crippen molar-refractivity contribution in [3.63, 3.8) is 0 Å². The van der Waals surface area contributed by atoms with E-state index in [1.807, 2.05) is 0 Å². The zero-order chi connectivity index (χ0) is 22.1. The maximum atomic E-state index is 12.2. The van der Waals surface area contributed by atoms with Crippen LogP contribution in [0.2, 0.25) is 0 Å². The monoisotopic (exact) mass is 415 g/mol. The van der Waals surface area contributed by atoms with E-state index in [1.54, 1.807) is 24.3 Å². The standard InChI is InChI=1S/C21H25N3O6/c1-14(2)12-13-29-18-8-4-16(5-9-18)21(26)23-22-20(25)15(3)30-19-10-6-17(7-11-19)24(27)28/h4-11,14-15H,12-13H2,1-3H3,(H,22,25)(H,23,26). The van der Waals surface area contributed by atoms with Gasteiger partial charge in [-0.05, 0) is 55.7 Å². The van der Waals surface area contributed by atoms with Crippen LogP contribution in [-0.4, -0.2) is 29.4 Å². The van der Waals surface area contributed by atoms with E-state index < -0.39 is 22.8 Å². The summed E-state index contributed by atoms with van der Waals surface area (Å²) < 4.78 is 11.0. The van der Waals surface area contributed by atoms with E-state index in [0.29, 0.717) is 29.6 Å². The molecular weight excluding hydrogens is 390 g/mol. The van der Waals surface area contributed by atoms with E-state index in [2.05, 4.69) is 24.7 Å². The van der Waals surface area contributed by atoms with E-state index in [4.69, 9.17) is 9.47 Å². The van der Waals surface area contributed by atoms with Gasteiger partial charge in [-0.25, -0.2) is 0 Å². The van der Waals surface area contributed by atoms with E-state index in [1.165, 1.54) is 31.2 Å². The lowest BCUT2D eigenvalue weighted by Crippen LogP contribution is -2.47. The van der Waals surface area contributed by atoms with Crippen molar-refractivity contribution in [2.75, 3.05) is 6.61 Å². The van der Waals surface area contributed by atoms with Crippen molar-refractivity contribution in [2.24, 2.45) is 5.92 Å². The summed E-state index contributed by atoms with van der Waals surface area (Å²) >= 11 is 0. The Kier molecular flexibility index (Phi) is 8.16. The second kappa shape index (κ2) is 10.8. The normalized spacial score (nSPS) is 11.5. The number of rotatable bonds is 9. The maximum Gasteiger partial charge on any atom is 0.279 e. The van der Waals surface area contributed by atoms with E-state index in [-0.39, 0.29) is 5.69 Å². The van der Waals surface area contributed by atoms with Gasteiger partial charge in [0.05, 0.1) is 11.5 Å². The highest BCUT2D eigenvalue weighted by atomic mass is 16.6. The zero-order valence-corrected chi connectivity index (χ0v) is 17.1.